The molecule has 11 heteroatoms. The van der Waals surface area contributed by atoms with Crippen molar-refractivity contribution in [1.29, 1.82) is 0 Å². The van der Waals surface area contributed by atoms with Gasteiger partial charge in [-0.05, 0) is 18.6 Å². The van der Waals surface area contributed by atoms with Gasteiger partial charge in [-0.1, -0.05) is 29.2 Å². The van der Waals surface area contributed by atoms with Crippen molar-refractivity contribution in [2.45, 2.75) is 27.6 Å². The zero-order chi connectivity index (χ0) is 17.3. The summed E-state index contributed by atoms with van der Waals surface area (Å²) in [6.07, 6.45) is 0. The largest absolute Gasteiger partial charge is 0.480 e. The summed E-state index contributed by atoms with van der Waals surface area (Å²) in [4.78, 5) is 22.5. The first kappa shape index (κ1) is 17.1. The fourth-order valence-corrected chi connectivity index (χ4v) is 5.23. The van der Waals surface area contributed by atoms with E-state index in [4.69, 9.17) is 5.11 Å². The number of hydrogen-bond acceptors (Lipinski definition) is 9. The number of nitrogens with zero attached hydrogens (tertiary/aromatic N) is 3. The van der Waals surface area contributed by atoms with E-state index < -0.39 is 16.9 Å². The van der Waals surface area contributed by atoms with Crippen LogP contribution in [0.5, 0.6) is 0 Å². The number of nitrogens with one attached hydrogen (secondary N) is 1. The molecule has 0 aliphatic carbocycles. The molecule has 2 atom stereocenters. The van der Waals surface area contributed by atoms with Gasteiger partial charge in [-0.3, -0.25) is 20.2 Å². The van der Waals surface area contributed by atoms with Crippen LogP contribution in [0.15, 0.2) is 27.4 Å². The predicted molar refractivity (Wildman–Crippen MR) is 91.6 cm³/mol. The Balaban J connectivity index is 1.85. The van der Waals surface area contributed by atoms with Crippen LogP contribution in [0.2, 0.25) is 0 Å². The highest BCUT2D eigenvalue weighted by atomic mass is 32.2. The van der Waals surface area contributed by atoms with Gasteiger partial charge in [0.25, 0.3) is 5.69 Å². The maximum absolute atomic E-state index is 11.4. The number of carboxylic acids is 1. The Morgan fingerprint density at radius 1 is 1.50 bits per heavy atom. The van der Waals surface area contributed by atoms with Crippen LogP contribution < -0.4 is 5.32 Å². The number of aryl methyl sites for hydroxylation is 1. The average molecular weight is 384 g/mol. The molecule has 1 fully saturated rings. The van der Waals surface area contributed by atoms with Crippen molar-refractivity contribution in [2.75, 3.05) is 5.75 Å². The van der Waals surface area contributed by atoms with E-state index in [9.17, 15) is 14.9 Å². The minimum atomic E-state index is -0.918. The second-order valence-corrected chi connectivity index (χ2v) is 8.55. The fraction of sp³-hybridized carbons (Fsp3) is 0.308. The summed E-state index contributed by atoms with van der Waals surface area (Å²) >= 11 is 4.00. The van der Waals surface area contributed by atoms with Crippen LogP contribution in [0.1, 0.15) is 15.9 Å². The van der Waals surface area contributed by atoms with Crippen LogP contribution in [-0.4, -0.2) is 38.0 Å². The highest BCUT2D eigenvalue weighted by Gasteiger charge is 2.31. The van der Waals surface area contributed by atoms with Gasteiger partial charge in [0, 0.05) is 11.8 Å². The van der Waals surface area contributed by atoms with Crippen LogP contribution in [0.4, 0.5) is 5.69 Å². The van der Waals surface area contributed by atoms with Crippen molar-refractivity contribution < 1.29 is 14.8 Å². The number of aliphatic carboxylic acids is 1. The molecule has 126 valence electrons. The second kappa shape index (κ2) is 7.05. The van der Waals surface area contributed by atoms with Gasteiger partial charge in [0.15, 0.2) is 4.34 Å². The van der Waals surface area contributed by atoms with Gasteiger partial charge in [-0.2, -0.15) is 0 Å². The number of carboxylic acid groups (broad SMARTS) is 1. The minimum Gasteiger partial charge on any atom is -0.480 e. The standard InChI is InChI=1S/C13H12N4O4S3/c1-6-15-16-13(23-6)24-10-3-2-7(4-9(10)17(20)21)11-14-8(5-22-11)12(18)19/h2-4,8,11,14H,5H2,1H3,(H,18,19)/t8-,11-/m0/s1. The summed E-state index contributed by atoms with van der Waals surface area (Å²) in [6.45, 7) is 1.82. The van der Waals surface area contributed by atoms with Crippen molar-refractivity contribution in [3.05, 3.63) is 38.9 Å². The van der Waals surface area contributed by atoms with Crippen molar-refractivity contribution in [1.82, 2.24) is 15.5 Å². The number of benzene rings is 1. The van der Waals surface area contributed by atoms with Gasteiger partial charge < -0.3 is 5.11 Å². The first-order chi connectivity index (χ1) is 11.4. The Kier molecular flexibility index (Phi) is 5.04. The van der Waals surface area contributed by atoms with E-state index in [0.717, 1.165) is 5.01 Å². The Labute approximate surface area is 149 Å². The number of hydrogen-bond donors (Lipinski definition) is 2. The number of nitro benzene ring substituents is 1. The third-order valence-electron chi connectivity index (χ3n) is 3.27. The van der Waals surface area contributed by atoms with E-state index in [-0.39, 0.29) is 11.1 Å². The first-order valence-electron chi connectivity index (χ1n) is 6.81. The van der Waals surface area contributed by atoms with Gasteiger partial charge in [0.05, 0.1) is 15.2 Å². The summed E-state index contributed by atoms with van der Waals surface area (Å²) in [5.41, 5.74) is 0.666. The SMILES string of the molecule is Cc1nnc(Sc2ccc([C@H]3N[C@H](C(=O)O)CS3)cc2[N+](=O)[O-])s1. The van der Waals surface area contributed by atoms with Gasteiger partial charge in [-0.15, -0.1) is 22.0 Å². The summed E-state index contributed by atoms with van der Waals surface area (Å²) in [6, 6.07) is 4.30. The molecule has 24 heavy (non-hydrogen) atoms. The summed E-state index contributed by atoms with van der Waals surface area (Å²) in [7, 11) is 0. The lowest BCUT2D eigenvalue weighted by molar-refractivity contribution is -0.387. The molecule has 2 N–H and O–H groups in total. The Bertz CT molecular complexity index is 797. The fourth-order valence-electron chi connectivity index (χ4n) is 2.15. The third-order valence-corrected chi connectivity index (χ3v) is 6.49. The number of thioether (sulfide) groups is 1. The topological polar surface area (TPSA) is 118 Å². The molecule has 1 saturated heterocycles. The molecule has 0 radical (unpaired) electrons. The molecule has 0 amide bonds. The third kappa shape index (κ3) is 3.69. The van der Waals surface area contributed by atoms with E-state index in [2.05, 4.69) is 15.5 Å². The van der Waals surface area contributed by atoms with Crippen LogP contribution in [0.25, 0.3) is 0 Å². The molecule has 2 aromatic rings. The number of carbonyl (C=O) groups is 1. The van der Waals surface area contributed by atoms with E-state index in [1.165, 1.54) is 40.9 Å². The lowest BCUT2D eigenvalue weighted by atomic mass is 10.2. The summed E-state index contributed by atoms with van der Waals surface area (Å²) in [5.74, 6) is -0.493. The maximum atomic E-state index is 11.4. The quantitative estimate of drug-likeness (QED) is 0.592. The Morgan fingerprint density at radius 2 is 2.29 bits per heavy atom. The molecule has 1 aromatic heterocycles. The molecule has 1 aliphatic rings. The lowest BCUT2D eigenvalue weighted by Crippen LogP contribution is -2.33. The zero-order valence-corrected chi connectivity index (χ0v) is 14.8. The zero-order valence-electron chi connectivity index (χ0n) is 12.3. The summed E-state index contributed by atoms with van der Waals surface area (Å²) < 4.78 is 0.641. The van der Waals surface area contributed by atoms with Crippen molar-refractivity contribution in [2.24, 2.45) is 0 Å². The van der Waals surface area contributed by atoms with Gasteiger partial charge in [0.2, 0.25) is 0 Å². The van der Waals surface area contributed by atoms with Crippen molar-refractivity contribution >= 4 is 46.5 Å². The summed E-state index contributed by atoms with van der Waals surface area (Å²) in [5, 5.41) is 31.8. The van der Waals surface area contributed by atoms with Crippen LogP contribution in [0.3, 0.4) is 0 Å². The van der Waals surface area contributed by atoms with Crippen LogP contribution >= 0.6 is 34.9 Å². The maximum Gasteiger partial charge on any atom is 0.321 e. The molecule has 8 nitrogen and oxygen atoms in total. The molecule has 1 aromatic carbocycles. The Hall–Kier alpha value is -1.69. The first-order valence-corrected chi connectivity index (χ1v) is 9.49. The number of rotatable bonds is 5. The van der Waals surface area contributed by atoms with E-state index in [1.54, 1.807) is 12.1 Å². The monoisotopic (exact) mass is 384 g/mol. The second-order valence-electron chi connectivity index (χ2n) is 4.94. The van der Waals surface area contributed by atoms with E-state index in [1.807, 2.05) is 6.92 Å². The molecule has 0 bridgehead atoms. The smallest absolute Gasteiger partial charge is 0.321 e. The number of aromatic nitrogens is 2. The van der Waals surface area contributed by atoms with E-state index >= 15 is 0 Å². The molecular weight excluding hydrogens is 372 g/mol. The predicted octanol–water partition coefficient (Wildman–Crippen LogP) is 2.69. The molecule has 3 rings (SSSR count). The van der Waals surface area contributed by atoms with Crippen LogP contribution in [0, 0.1) is 17.0 Å². The number of nitro groups is 1. The van der Waals surface area contributed by atoms with Crippen LogP contribution in [-0.2, 0) is 4.79 Å². The molecule has 0 spiro atoms. The van der Waals surface area contributed by atoms with E-state index in [0.29, 0.717) is 20.6 Å². The lowest BCUT2D eigenvalue weighted by Gasteiger charge is -2.12. The van der Waals surface area contributed by atoms with Crippen molar-refractivity contribution in [3.8, 4) is 0 Å². The Morgan fingerprint density at radius 3 is 2.88 bits per heavy atom. The highest BCUT2D eigenvalue weighted by molar-refractivity contribution is 8.01. The van der Waals surface area contributed by atoms with Gasteiger partial charge >= 0.3 is 5.97 Å². The molecule has 0 unspecified atom stereocenters. The average Bonchev–Trinajstić information content (AvgIpc) is 3.17. The normalized spacial score (nSPS) is 20.2. The molecule has 0 saturated carbocycles. The molecule has 2 heterocycles. The van der Waals surface area contributed by atoms with Gasteiger partial charge in [0.1, 0.15) is 11.0 Å². The molecule has 1 aliphatic heterocycles. The van der Waals surface area contributed by atoms with Gasteiger partial charge in [-0.25, -0.2) is 0 Å². The van der Waals surface area contributed by atoms with Crippen molar-refractivity contribution in [3.63, 3.8) is 0 Å². The highest BCUT2D eigenvalue weighted by Crippen LogP contribution is 2.40. The minimum absolute atomic E-state index is 0.0217. The molecular formula is C13H12N4O4S3.